The molecule has 2 aromatic rings. The molecule has 0 aliphatic carbocycles. The minimum atomic E-state index is 0.772. The quantitative estimate of drug-likeness (QED) is 0.651. The summed E-state index contributed by atoms with van der Waals surface area (Å²) in [7, 11) is 0. The molecule has 0 saturated heterocycles. The van der Waals surface area contributed by atoms with Gasteiger partial charge < -0.3 is 0 Å². The van der Waals surface area contributed by atoms with Crippen molar-refractivity contribution < 1.29 is 0 Å². The van der Waals surface area contributed by atoms with Gasteiger partial charge in [-0.05, 0) is 29.7 Å². The van der Waals surface area contributed by atoms with Crippen molar-refractivity contribution in [1.82, 2.24) is 0 Å². The van der Waals surface area contributed by atoms with Crippen LogP contribution in [0.5, 0.6) is 0 Å². The monoisotopic (exact) mass is 239 g/mol. The van der Waals surface area contributed by atoms with Crippen LogP contribution in [0.2, 0.25) is 5.02 Å². The fourth-order valence-corrected chi connectivity index (χ4v) is 2.16. The van der Waals surface area contributed by atoms with E-state index in [1.807, 2.05) is 30.3 Å². The predicted octanol–water partition coefficient (Wildman–Crippen LogP) is 4.06. The Hall–Kier alpha value is -0.530. The number of fused-ring (bicyclic) bond motifs is 1. The summed E-state index contributed by atoms with van der Waals surface area (Å²) in [5, 5.41) is 2.93. The van der Waals surface area contributed by atoms with E-state index in [9.17, 15) is 0 Å². The molecule has 0 amide bonds. The lowest BCUT2D eigenvalue weighted by Gasteiger charge is -2.00. The van der Waals surface area contributed by atoms with Gasteiger partial charge in [-0.2, -0.15) is 0 Å². The van der Waals surface area contributed by atoms with Gasteiger partial charge in [0.1, 0.15) is 0 Å². The maximum atomic E-state index is 6.02. The molecular weight excluding hydrogens is 235 g/mol. The zero-order valence-corrected chi connectivity index (χ0v) is 8.48. The second-order valence-electron chi connectivity index (χ2n) is 2.51. The lowest BCUT2D eigenvalue weighted by molar-refractivity contribution is 1.69. The van der Waals surface area contributed by atoms with Crippen molar-refractivity contribution in [3.05, 3.63) is 45.9 Å². The first-order valence-electron chi connectivity index (χ1n) is 3.53. The number of hydrogen-bond acceptors (Lipinski definition) is 0. The number of benzene rings is 2. The molecule has 0 unspecified atom stereocenters. The van der Waals surface area contributed by atoms with Gasteiger partial charge >= 0.3 is 0 Å². The second-order valence-corrected chi connectivity index (χ2v) is 3.77. The molecule has 0 aromatic heterocycles. The lowest BCUT2D eigenvalue weighted by Crippen LogP contribution is -1.75. The summed E-state index contributed by atoms with van der Waals surface area (Å²) >= 11 is 9.45. The minimum absolute atomic E-state index is 0.772. The number of hydrogen-bond donors (Lipinski definition) is 0. The van der Waals surface area contributed by atoms with E-state index in [1.54, 1.807) is 0 Å². The first kappa shape index (κ1) is 8.09. The van der Waals surface area contributed by atoms with Crippen molar-refractivity contribution in [3.63, 3.8) is 0 Å². The Labute approximate surface area is 84.3 Å². The lowest BCUT2D eigenvalue weighted by atomic mass is 10.1. The Morgan fingerprint density at radius 3 is 2.83 bits per heavy atom. The van der Waals surface area contributed by atoms with Gasteiger partial charge in [-0.25, -0.2) is 0 Å². The molecule has 59 valence electrons. The van der Waals surface area contributed by atoms with Crippen LogP contribution >= 0.6 is 27.5 Å². The summed E-state index contributed by atoms with van der Waals surface area (Å²) in [5.41, 5.74) is 0. The first-order chi connectivity index (χ1) is 5.79. The highest BCUT2D eigenvalue weighted by atomic mass is 79.9. The molecule has 2 rings (SSSR count). The van der Waals surface area contributed by atoms with Crippen LogP contribution in [0.1, 0.15) is 0 Å². The van der Waals surface area contributed by atoms with Crippen molar-refractivity contribution in [2.45, 2.75) is 0 Å². The van der Waals surface area contributed by atoms with Crippen LogP contribution in [-0.4, -0.2) is 0 Å². The summed E-state index contributed by atoms with van der Waals surface area (Å²) in [6, 6.07) is 12.7. The Morgan fingerprint density at radius 2 is 2.08 bits per heavy atom. The molecule has 2 aromatic carbocycles. The average Bonchev–Trinajstić information content (AvgIpc) is 2.04. The summed E-state index contributed by atoms with van der Waals surface area (Å²) in [5.74, 6) is 0. The van der Waals surface area contributed by atoms with Crippen molar-refractivity contribution in [2.24, 2.45) is 0 Å². The third-order valence-electron chi connectivity index (χ3n) is 1.73. The highest BCUT2D eigenvalue weighted by molar-refractivity contribution is 9.10. The maximum absolute atomic E-state index is 6.02. The minimum Gasteiger partial charge on any atom is -0.0836 e. The third-order valence-corrected chi connectivity index (χ3v) is 2.67. The van der Waals surface area contributed by atoms with E-state index in [0.29, 0.717) is 0 Å². The molecule has 12 heavy (non-hydrogen) atoms. The molecule has 2 heteroatoms. The SMILES string of the molecule is Clc1cccc2c[c]cc(Br)c12. The molecule has 0 heterocycles. The van der Waals surface area contributed by atoms with E-state index in [4.69, 9.17) is 11.6 Å². The van der Waals surface area contributed by atoms with Crippen LogP contribution in [0.4, 0.5) is 0 Å². The van der Waals surface area contributed by atoms with Crippen molar-refractivity contribution in [1.29, 1.82) is 0 Å². The number of halogens is 2. The van der Waals surface area contributed by atoms with E-state index in [0.717, 1.165) is 20.3 Å². The summed E-state index contributed by atoms with van der Waals surface area (Å²) in [4.78, 5) is 0. The third kappa shape index (κ3) is 1.23. The van der Waals surface area contributed by atoms with Gasteiger partial charge in [0, 0.05) is 14.9 Å². The van der Waals surface area contributed by atoms with Crippen molar-refractivity contribution in [2.75, 3.05) is 0 Å². The molecule has 0 bridgehead atoms. The molecule has 0 fully saturated rings. The first-order valence-corrected chi connectivity index (χ1v) is 4.70. The molecule has 0 N–H and O–H groups in total. The molecule has 0 saturated carbocycles. The van der Waals surface area contributed by atoms with Gasteiger partial charge in [-0.3, -0.25) is 0 Å². The van der Waals surface area contributed by atoms with Gasteiger partial charge in [0.25, 0.3) is 0 Å². The van der Waals surface area contributed by atoms with Crippen LogP contribution in [0.25, 0.3) is 10.8 Å². The summed E-state index contributed by atoms with van der Waals surface area (Å²) < 4.78 is 0.991. The predicted molar refractivity (Wildman–Crippen MR) is 55.5 cm³/mol. The van der Waals surface area contributed by atoms with Gasteiger partial charge in [-0.1, -0.05) is 39.7 Å². The Morgan fingerprint density at radius 1 is 1.25 bits per heavy atom. The van der Waals surface area contributed by atoms with E-state index < -0.39 is 0 Å². The van der Waals surface area contributed by atoms with Crippen LogP contribution in [0, 0.1) is 6.07 Å². The molecule has 0 spiro atoms. The summed E-state index contributed by atoms with van der Waals surface area (Å²) in [6.07, 6.45) is 0. The molecular formula is C10H5BrCl. The molecule has 0 nitrogen and oxygen atoms in total. The molecule has 0 aliphatic heterocycles. The molecule has 0 aliphatic rings. The zero-order valence-electron chi connectivity index (χ0n) is 6.14. The smallest absolute Gasteiger partial charge is 0.0495 e. The average molecular weight is 241 g/mol. The fourth-order valence-electron chi connectivity index (χ4n) is 1.19. The highest BCUT2D eigenvalue weighted by Crippen LogP contribution is 2.29. The van der Waals surface area contributed by atoms with E-state index >= 15 is 0 Å². The fraction of sp³-hybridized carbons (Fsp3) is 0. The van der Waals surface area contributed by atoms with Gasteiger partial charge in [0.15, 0.2) is 0 Å². The van der Waals surface area contributed by atoms with Crippen LogP contribution < -0.4 is 0 Å². The van der Waals surface area contributed by atoms with E-state index in [1.165, 1.54) is 0 Å². The largest absolute Gasteiger partial charge is 0.0836 e. The maximum Gasteiger partial charge on any atom is 0.0495 e. The van der Waals surface area contributed by atoms with Gasteiger partial charge in [0.2, 0.25) is 0 Å². The van der Waals surface area contributed by atoms with Gasteiger partial charge in [-0.15, -0.1) is 0 Å². The van der Waals surface area contributed by atoms with E-state index in [2.05, 4.69) is 22.0 Å². The van der Waals surface area contributed by atoms with Crippen molar-refractivity contribution >= 4 is 38.3 Å². The number of rotatable bonds is 0. The molecule has 1 radical (unpaired) electrons. The van der Waals surface area contributed by atoms with Crippen molar-refractivity contribution in [3.8, 4) is 0 Å². The Balaban J connectivity index is 2.96. The second kappa shape index (κ2) is 3.08. The highest BCUT2D eigenvalue weighted by Gasteiger charge is 2.00. The van der Waals surface area contributed by atoms with Crippen LogP contribution in [-0.2, 0) is 0 Å². The normalized spacial score (nSPS) is 10.5. The van der Waals surface area contributed by atoms with Crippen LogP contribution in [0.15, 0.2) is 34.8 Å². The van der Waals surface area contributed by atoms with Crippen LogP contribution in [0.3, 0.4) is 0 Å². The Kier molecular flexibility index (Phi) is 2.07. The molecule has 0 atom stereocenters. The summed E-state index contributed by atoms with van der Waals surface area (Å²) in [6.45, 7) is 0. The van der Waals surface area contributed by atoms with E-state index in [-0.39, 0.29) is 0 Å². The Bertz CT molecular complexity index is 386. The standard InChI is InChI=1S/C10H5BrCl/c11-8-5-1-3-7-4-2-6-9(12)10(7)8/h2-6H. The zero-order chi connectivity index (χ0) is 8.55. The van der Waals surface area contributed by atoms with Gasteiger partial charge in [0.05, 0.1) is 0 Å². The topological polar surface area (TPSA) is 0 Å².